The minimum absolute atomic E-state index is 0.121. The topological polar surface area (TPSA) is 92.3 Å². The average Bonchev–Trinajstić information content (AvgIpc) is 2.53. The molecule has 0 aliphatic rings. The largest absolute Gasteiger partial charge is 0.326 e. The third-order valence-corrected chi connectivity index (χ3v) is 4.99. The number of anilines is 1. The number of nitrogens with one attached hydrogen (secondary N) is 2. The Morgan fingerprint density at radius 1 is 1.04 bits per heavy atom. The summed E-state index contributed by atoms with van der Waals surface area (Å²) in [6.45, 7) is 5.28. The van der Waals surface area contributed by atoms with Crippen LogP contribution in [0.5, 0.6) is 0 Å². The van der Waals surface area contributed by atoms with Crippen molar-refractivity contribution in [2.75, 3.05) is 5.32 Å². The highest BCUT2D eigenvalue weighted by Gasteiger charge is 2.22. The number of hydrogen-bond donors (Lipinski definition) is 2. The van der Waals surface area contributed by atoms with Crippen LogP contribution in [0, 0.1) is 11.2 Å². The van der Waals surface area contributed by atoms with Gasteiger partial charge in [-0.25, -0.2) is 17.5 Å². The van der Waals surface area contributed by atoms with Crippen LogP contribution in [0.1, 0.15) is 26.3 Å². The fourth-order valence-electron chi connectivity index (χ4n) is 2.11. The van der Waals surface area contributed by atoms with Gasteiger partial charge in [-0.3, -0.25) is 9.59 Å². The molecule has 0 spiro atoms. The van der Waals surface area contributed by atoms with Gasteiger partial charge in [0, 0.05) is 11.1 Å². The predicted molar refractivity (Wildman–Crippen MR) is 100.0 cm³/mol. The van der Waals surface area contributed by atoms with Crippen molar-refractivity contribution in [2.45, 2.75) is 32.1 Å². The number of sulfonamides is 1. The predicted octanol–water partition coefficient (Wildman–Crippen LogP) is 2.86. The van der Waals surface area contributed by atoms with Gasteiger partial charge in [-0.15, -0.1) is 0 Å². The number of amides is 2. The summed E-state index contributed by atoms with van der Waals surface area (Å²) in [6.07, 6.45) is -0.267. The summed E-state index contributed by atoms with van der Waals surface area (Å²) in [5, 5.41) is 2.68. The fourth-order valence-corrected chi connectivity index (χ4v) is 3.10. The third-order valence-electron chi connectivity index (χ3n) is 3.61. The van der Waals surface area contributed by atoms with Crippen molar-refractivity contribution in [3.05, 3.63) is 59.9 Å². The lowest BCUT2D eigenvalue weighted by Gasteiger charge is -2.17. The van der Waals surface area contributed by atoms with Crippen LogP contribution in [0.15, 0.2) is 53.4 Å². The number of benzene rings is 2. The normalized spacial score (nSPS) is 11.7. The lowest BCUT2D eigenvalue weighted by molar-refractivity contribution is -0.123. The lowest BCUT2D eigenvalue weighted by atomic mass is 9.95. The first-order chi connectivity index (χ1) is 12.5. The summed E-state index contributed by atoms with van der Waals surface area (Å²) in [5.41, 5.74) is 0.221. The number of halogens is 1. The maximum Gasteiger partial charge on any atom is 0.264 e. The molecule has 0 saturated carbocycles. The first-order valence-electron chi connectivity index (χ1n) is 8.19. The quantitative estimate of drug-likeness (QED) is 0.818. The minimum atomic E-state index is -4.07. The van der Waals surface area contributed by atoms with E-state index in [2.05, 4.69) is 5.32 Å². The van der Waals surface area contributed by atoms with Crippen LogP contribution in [0.25, 0.3) is 0 Å². The highest BCUT2D eigenvalue weighted by atomic mass is 32.2. The number of carbonyl (C=O) groups is 2. The van der Waals surface area contributed by atoms with E-state index in [1.54, 1.807) is 20.8 Å². The monoisotopic (exact) mass is 392 g/mol. The average molecular weight is 392 g/mol. The summed E-state index contributed by atoms with van der Waals surface area (Å²) in [5.74, 6) is -1.48. The van der Waals surface area contributed by atoms with Crippen LogP contribution in [0.3, 0.4) is 0 Å². The first kappa shape index (κ1) is 20.6. The number of rotatable bonds is 5. The van der Waals surface area contributed by atoms with Crippen molar-refractivity contribution in [3.63, 3.8) is 0 Å². The lowest BCUT2D eigenvalue weighted by Crippen LogP contribution is -2.32. The van der Waals surface area contributed by atoms with Crippen molar-refractivity contribution < 1.29 is 22.4 Å². The minimum Gasteiger partial charge on any atom is -0.326 e. The molecule has 0 unspecified atom stereocenters. The van der Waals surface area contributed by atoms with E-state index in [1.807, 2.05) is 4.72 Å². The van der Waals surface area contributed by atoms with Crippen LogP contribution < -0.4 is 10.0 Å². The Labute approximate surface area is 157 Å². The van der Waals surface area contributed by atoms with E-state index >= 15 is 0 Å². The maximum absolute atomic E-state index is 13.1. The molecule has 2 rings (SSSR count). The molecule has 0 aliphatic heterocycles. The Bertz CT molecular complexity index is 948. The Kier molecular flexibility index (Phi) is 6.00. The number of hydrogen-bond acceptors (Lipinski definition) is 4. The molecule has 0 bridgehead atoms. The summed E-state index contributed by atoms with van der Waals surface area (Å²) >= 11 is 0. The molecule has 0 radical (unpaired) electrons. The second kappa shape index (κ2) is 7.87. The second-order valence-electron chi connectivity index (χ2n) is 7.06. The molecule has 2 N–H and O–H groups in total. The molecule has 0 saturated heterocycles. The molecule has 0 fully saturated rings. The van der Waals surface area contributed by atoms with Gasteiger partial charge in [-0.2, -0.15) is 0 Å². The molecule has 0 aliphatic carbocycles. The Morgan fingerprint density at radius 3 is 2.22 bits per heavy atom. The summed E-state index contributed by atoms with van der Waals surface area (Å²) in [4.78, 5) is 23.8. The van der Waals surface area contributed by atoms with Gasteiger partial charge < -0.3 is 5.32 Å². The molecule has 0 atom stereocenters. The van der Waals surface area contributed by atoms with Gasteiger partial charge in [0.15, 0.2) is 0 Å². The van der Waals surface area contributed by atoms with Gasteiger partial charge in [-0.05, 0) is 42.0 Å². The molecule has 0 heterocycles. The van der Waals surface area contributed by atoms with E-state index in [9.17, 15) is 22.4 Å². The van der Waals surface area contributed by atoms with E-state index in [0.29, 0.717) is 11.3 Å². The molecule has 0 aromatic heterocycles. The Balaban J connectivity index is 2.05. The van der Waals surface area contributed by atoms with Gasteiger partial charge >= 0.3 is 0 Å². The molecular weight excluding hydrogens is 371 g/mol. The van der Waals surface area contributed by atoms with Gasteiger partial charge in [0.2, 0.25) is 11.8 Å². The SMILES string of the molecule is CC(C)(C)C(=O)Nc1ccc(S(=O)(=O)NC(=O)Cc2cccc(F)c2)cc1. The highest BCUT2D eigenvalue weighted by molar-refractivity contribution is 7.90. The van der Waals surface area contributed by atoms with Crippen molar-refractivity contribution in [1.29, 1.82) is 0 Å². The molecule has 27 heavy (non-hydrogen) atoms. The zero-order valence-corrected chi connectivity index (χ0v) is 16.1. The van der Waals surface area contributed by atoms with Gasteiger partial charge in [-0.1, -0.05) is 32.9 Å². The van der Waals surface area contributed by atoms with Crippen LogP contribution in [0.4, 0.5) is 10.1 Å². The van der Waals surface area contributed by atoms with Crippen LogP contribution in [0.2, 0.25) is 0 Å². The molecule has 2 aromatic rings. The van der Waals surface area contributed by atoms with Crippen LogP contribution >= 0.6 is 0 Å². The van der Waals surface area contributed by atoms with E-state index < -0.39 is 27.2 Å². The van der Waals surface area contributed by atoms with Gasteiger partial charge in [0.1, 0.15) is 5.82 Å². The van der Waals surface area contributed by atoms with Crippen molar-refractivity contribution in [3.8, 4) is 0 Å². The molecule has 8 heteroatoms. The zero-order chi connectivity index (χ0) is 20.2. The van der Waals surface area contributed by atoms with E-state index in [-0.39, 0.29) is 17.2 Å². The Morgan fingerprint density at radius 2 is 1.67 bits per heavy atom. The van der Waals surface area contributed by atoms with Gasteiger partial charge in [0.25, 0.3) is 10.0 Å². The van der Waals surface area contributed by atoms with Crippen molar-refractivity contribution in [2.24, 2.45) is 5.41 Å². The third kappa shape index (κ3) is 5.89. The van der Waals surface area contributed by atoms with E-state index in [4.69, 9.17) is 0 Å². The van der Waals surface area contributed by atoms with Crippen LogP contribution in [-0.2, 0) is 26.0 Å². The fraction of sp³-hybridized carbons (Fsp3) is 0.263. The number of carbonyl (C=O) groups excluding carboxylic acids is 2. The van der Waals surface area contributed by atoms with Gasteiger partial charge in [0.05, 0.1) is 11.3 Å². The van der Waals surface area contributed by atoms with Crippen molar-refractivity contribution >= 4 is 27.5 Å². The van der Waals surface area contributed by atoms with Crippen molar-refractivity contribution in [1.82, 2.24) is 4.72 Å². The molecule has 144 valence electrons. The maximum atomic E-state index is 13.1. The highest BCUT2D eigenvalue weighted by Crippen LogP contribution is 2.19. The summed E-state index contributed by atoms with van der Waals surface area (Å²) in [7, 11) is -4.07. The van der Waals surface area contributed by atoms with E-state index in [0.717, 1.165) is 0 Å². The standard InChI is InChI=1S/C19H21FN2O4S/c1-19(2,3)18(24)21-15-7-9-16(10-8-15)27(25,26)22-17(23)12-13-5-4-6-14(20)11-13/h4-11H,12H2,1-3H3,(H,21,24)(H,22,23). The summed E-state index contributed by atoms with van der Waals surface area (Å²) < 4.78 is 39.7. The first-order valence-corrected chi connectivity index (χ1v) is 9.67. The zero-order valence-electron chi connectivity index (χ0n) is 15.2. The molecule has 2 aromatic carbocycles. The van der Waals surface area contributed by atoms with Crippen LogP contribution in [-0.4, -0.2) is 20.2 Å². The summed E-state index contributed by atoms with van der Waals surface area (Å²) in [6, 6.07) is 10.8. The molecular formula is C19H21FN2O4S. The Hall–Kier alpha value is -2.74. The molecule has 2 amide bonds. The smallest absolute Gasteiger partial charge is 0.264 e. The second-order valence-corrected chi connectivity index (χ2v) is 8.75. The van der Waals surface area contributed by atoms with E-state index in [1.165, 1.54) is 48.5 Å². The molecule has 6 nitrogen and oxygen atoms in total.